The van der Waals surface area contributed by atoms with Crippen molar-refractivity contribution in [1.29, 1.82) is 0 Å². The van der Waals surface area contributed by atoms with Gasteiger partial charge < -0.3 is 4.42 Å². The quantitative estimate of drug-likeness (QED) is 0.288. The average Bonchev–Trinajstić information content (AvgIpc) is 3.15. The van der Waals surface area contributed by atoms with Gasteiger partial charge in [0.15, 0.2) is 0 Å². The Bertz CT molecular complexity index is 1180. The van der Waals surface area contributed by atoms with E-state index >= 15 is 0 Å². The molecule has 2 aromatic heterocycles. The van der Waals surface area contributed by atoms with Crippen LogP contribution in [-0.2, 0) is 7.05 Å². The molecule has 0 aliphatic carbocycles. The molecule has 0 unspecified atom stereocenters. The molecule has 2 aromatic carbocycles. The van der Waals surface area contributed by atoms with E-state index in [1.165, 1.54) is 0 Å². The molecule has 126 valence electrons. The van der Waals surface area contributed by atoms with Gasteiger partial charge in [0.2, 0.25) is 11.0 Å². The maximum atomic E-state index is 5.56. The molecule has 0 N–H and O–H groups in total. The van der Waals surface area contributed by atoms with E-state index in [1.807, 2.05) is 37.4 Å². The second-order valence-electron chi connectivity index (χ2n) is 6.05. The van der Waals surface area contributed by atoms with Crippen molar-refractivity contribution in [3.63, 3.8) is 0 Å². The predicted octanol–water partition coefficient (Wildman–Crippen LogP) is 5.14. The predicted molar refractivity (Wildman–Crippen MR) is 108 cm³/mol. The van der Waals surface area contributed by atoms with Crippen LogP contribution in [0, 0.1) is 0 Å². The number of benzene rings is 2. The third-order valence-electron chi connectivity index (χ3n) is 4.43. The van der Waals surface area contributed by atoms with Crippen molar-refractivity contribution in [2.24, 2.45) is 17.0 Å². The third-order valence-corrected chi connectivity index (χ3v) is 4.43. The van der Waals surface area contributed by atoms with Gasteiger partial charge in [0, 0.05) is 22.9 Å². The molecule has 0 aliphatic heterocycles. The highest BCUT2D eigenvalue weighted by Gasteiger charge is 2.12. The molecular formula is C22H18N3O+. The summed E-state index contributed by atoms with van der Waals surface area (Å²) in [7, 11) is 2.05. The molecule has 0 spiro atoms. The average molecular weight is 340 g/mol. The summed E-state index contributed by atoms with van der Waals surface area (Å²) in [5.74, 6) is 1.43. The smallest absolute Gasteiger partial charge is 0.214 e. The number of aryl methyl sites for hydroxylation is 1. The van der Waals surface area contributed by atoms with E-state index in [0.29, 0.717) is 5.76 Å². The maximum absolute atomic E-state index is 5.56. The minimum atomic E-state index is 0.699. The van der Waals surface area contributed by atoms with Crippen LogP contribution >= 0.6 is 0 Å². The Labute approximate surface area is 151 Å². The maximum Gasteiger partial charge on any atom is 0.214 e. The fourth-order valence-corrected chi connectivity index (χ4v) is 3.05. The van der Waals surface area contributed by atoms with Crippen LogP contribution in [0.4, 0.5) is 11.4 Å². The van der Waals surface area contributed by atoms with Crippen molar-refractivity contribution < 1.29 is 8.98 Å². The largest absolute Gasteiger partial charge is 0.456 e. The highest BCUT2D eigenvalue weighted by Crippen LogP contribution is 2.25. The standard InChI is InChI=1S/C22H18N3O/c1-4-19-9-10-20(26-19)14-24-18-8-6-16-11-15-5-7-17(23-2)12-21(15)25(3)22(16)13-18/h4-14H,1-2H2,3H3/q+1. The molecule has 0 atom stereocenters. The zero-order valence-corrected chi connectivity index (χ0v) is 14.5. The van der Waals surface area contributed by atoms with Crippen LogP contribution in [0.3, 0.4) is 0 Å². The summed E-state index contributed by atoms with van der Waals surface area (Å²) in [6.45, 7) is 7.30. The molecule has 4 rings (SSSR count). The molecule has 0 saturated carbocycles. The molecule has 26 heavy (non-hydrogen) atoms. The number of furan rings is 1. The number of aliphatic imine (C=N–C) groups is 2. The minimum Gasteiger partial charge on any atom is -0.456 e. The van der Waals surface area contributed by atoms with Crippen LogP contribution in [-0.4, -0.2) is 12.9 Å². The molecule has 0 bridgehead atoms. The van der Waals surface area contributed by atoms with Crippen molar-refractivity contribution in [2.75, 3.05) is 0 Å². The van der Waals surface area contributed by atoms with E-state index < -0.39 is 0 Å². The fraction of sp³-hybridized carbons (Fsp3) is 0.0455. The van der Waals surface area contributed by atoms with Gasteiger partial charge in [-0.15, -0.1) is 0 Å². The van der Waals surface area contributed by atoms with Gasteiger partial charge in [-0.3, -0.25) is 9.98 Å². The molecule has 0 amide bonds. The van der Waals surface area contributed by atoms with E-state index in [1.54, 1.807) is 12.3 Å². The molecule has 0 saturated heterocycles. The molecule has 0 fully saturated rings. The number of hydrogen-bond donors (Lipinski definition) is 0. The van der Waals surface area contributed by atoms with Crippen LogP contribution in [0.25, 0.3) is 27.9 Å². The number of aromatic nitrogens is 1. The van der Waals surface area contributed by atoms with E-state index in [-0.39, 0.29) is 0 Å². The minimum absolute atomic E-state index is 0.699. The van der Waals surface area contributed by atoms with Gasteiger partial charge >= 0.3 is 0 Å². The molecular weight excluding hydrogens is 322 g/mol. The Kier molecular flexibility index (Phi) is 3.93. The normalized spacial score (nSPS) is 11.4. The van der Waals surface area contributed by atoms with E-state index in [9.17, 15) is 0 Å². The Balaban J connectivity index is 1.80. The van der Waals surface area contributed by atoms with Gasteiger partial charge in [0.05, 0.1) is 17.6 Å². The van der Waals surface area contributed by atoms with Gasteiger partial charge in [-0.05, 0) is 55.3 Å². The van der Waals surface area contributed by atoms with Crippen LogP contribution in [0.15, 0.2) is 75.6 Å². The first-order valence-electron chi connectivity index (χ1n) is 8.27. The Morgan fingerprint density at radius 3 is 2.19 bits per heavy atom. The number of rotatable bonds is 4. The highest BCUT2D eigenvalue weighted by atomic mass is 16.3. The monoisotopic (exact) mass is 340 g/mol. The first-order valence-corrected chi connectivity index (χ1v) is 8.27. The van der Waals surface area contributed by atoms with Gasteiger partial charge in [0.25, 0.3) is 0 Å². The first-order chi connectivity index (χ1) is 12.7. The van der Waals surface area contributed by atoms with Gasteiger partial charge in [-0.2, -0.15) is 4.57 Å². The Morgan fingerprint density at radius 1 is 0.885 bits per heavy atom. The topological polar surface area (TPSA) is 41.7 Å². The number of hydrogen-bond acceptors (Lipinski definition) is 3. The summed E-state index contributed by atoms with van der Waals surface area (Å²) in [5.41, 5.74) is 3.92. The molecule has 4 nitrogen and oxygen atoms in total. The van der Waals surface area contributed by atoms with Crippen LogP contribution < -0.4 is 4.57 Å². The fourth-order valence-electron chi connectivity index (χ4n) is 3.05. The second-order valence-corrected chi connectivity index (χ2v) is 6.05. The van der Waals surface area contributed by atoms with Gasteiger partial charge in [-0.25, -0.2) is 0 Å². The summed E-state index contributed by atoms with van der Waals surface area (Å²) in [4.78, 5) is 8.56. The van der Waals surface area contributed by atoms with Gasteiger partial charge in [-0.1, -0.05) is 6.58 Å². The van der Waals surface area contributed by atoms with Crippen molar-refractivity contribution in [3.8, 4) is 0 Å². The van der Waals surface area contributed by atoms with E-state index in [0.717, 1.165) is 38.9 Å². The lowest BCUT2D eigenvalue weighted by atomic mass is 10.1. The van der Waals surface area contributed by atoms with Crippen molar-refractivity contribution >= 4 is 52.2 Å². The number of nitrogens with zero attached hydrogens (tertiary/aromatic N) is 3. The Hall–Kier alpha value is -3.53. The molecule has 0 aliphatic rings. The number of pyridine rings is 1. The van der Waals surface area contributed by atoms with E-state index in [4.69, 9.17) is 4.42 Å². The zero-order chi connectivity index (χ0) is 18.1. The summed E-state index contributed by atoms with van der Waals surface area (Å²) >= 11 is 0. The van der Waals surface area contributed by atoms with E-state index in [2.05, 4.69) is 52.1 Å². The third kappa shape index (κ3) is 2.82. The van der Waals surface area contributed by atoms with Crippen molar-refractivity contribution in [3.05, 3.63) is 72.7 Å². The molecule has 0 radical (unpaired) electrons. The number of fused-ring (bicyclic) bond motifs is 2. The summed E-state index contributed by atoms with van der Waals surface area (Å²) in [5, 5.41) is 2.32. The summed E-state index contributed by atoms with van der Waals surface area (Å²) in [6, 6.07) is 18.1. The Morgan fingerprint density at radius 2 is 1.54 bits per heavy atom. The lowest BCUT2D eigenvalue weighted by molar-refractivity contribution is -0.617. The SMILES string of the molecule is C=Cc1ccc(C=Nc2ccc3cc4ccc(N=C)cc4[n+](C)c3c2)o1. The molecule has 2 heterocycles. The molecule has 4 aromatic rings. The van der Waals surface area contributed by atoms with Crippen molar-refractivity contribution in [2.45, 2.75) is 0 Å². The van der Waals surface area contributed by atoms with Crippen LogP contribution in [0.1, 0.15) is 11.5 Å². The lowest BCUT2D eigenvalue weighted by Gasteiger charge is -2.03. The van der Waals surface area contributed by atoms with Crippen molar-refractivity contribution in [1.82, 2.24) is 0 Å². The van der Waals surface area contributed by atoms with Crippen LogP contribution in [0.5, 0.6) is 0 Å². The first kappa shape index (κ1) is 16.0. The summed E-state index contributed by atoms with van der Waals surface area (Å²) < 4.78 is 7.71. The highest BCUT2D eigenvalue weighted by molar-refractivity contribution is 5.91. The zero-order valence-electron chi connectivity index (χ0n) is 14.5. The lowest BCUT2D eigenvalue weighted by Crippen LogP contribution is -2.29. The summed E-state index contributed by atoms with van der Waals surface area (Å²) in [6.07, 6.45) is 3.39. The van der Waals surface area contributed by atoms with Crippen LogP contribution in [0.2, 0.25) is 0 Å². The second kappa shape index (κ2) is 6.41. The van der Waals surface area contributed by atoms with Gasteiger partial charge in [0.1, 0.15) is 18.6 Å². The molecule has 4 heteroatoms.